The molecule has 0 bridgehead atoms. The molecular weight excluding hydrogens is 162 g/mol. The SMILES string of the molecule is C.CCCON1CCC(CC)CC1. The zero-order valence-electron chi connectivity index (χ0n) is 8.38. The molecule has 1 aliphatic heterocycles. The molecule has 0 aromatic carbocycles. The number of piperidine rings is 1. The standard InChI is InChI=1S/C10H21NO.CH4/c1-3-9-12-11-7-5-10(4-2)6-8-11;/h10H,3-9H2,1-2H3;1H4. The molecule has 1 saturated heterocycles. The van der Waals surface area contributed by atoms with Crippen LogP contribution in [-0.4, -0.2) is 24.8 Å². The van der Waals surface area contributed by atoms with Crippen molar-refractivity contribution < 1.29 is 4.84 Å². The molecule has 1 fully saturated rings. The van der Waals surface area contributed by atoms with E-state index in [0.717, 1.165) is 32.0 Å². The van der Waals surface area contributed by atoms with Gasteiger partial charge in [-0.3, -0.25) is 4.84 Å². The Morgan fingerprint density at radius 3 is 2.31 bits per heavy atom. The first kappa shape index (κ1) is 12.9. The quantitative estimate of drug-likeness (QED) is 0.670. The molecular formula is C11H25NO. The van der Waals surface area contributed by atoms with Crippen molar-refractivity contribution in [3.8, 4) is 0 Å². The second-order valence-corrected chi connectivity index (χ2v) is 3.61. The number of nitrogens with zero attached hydrogens (tertiary/aromatic N) is 1. The monoisotopic (exact) mass is 187 g/mol. The minimum atomic E-state index is 0. The largest absolute Gasteiger partial charge is 0.299 e. The molecule has 0 amide bonds. The van der Waals surface area contributed by atoms with Crippen molar-refractivity contribution in [3.63, 3.8) is 0 Å². The summed E-state index contributed by atoms with van der Waals surface area (Å²) in [4.78, 5) is 5.56. The van der Waals surface area contributed by atoms with Crippen LogP contribution in [0, 0.1) is 5.92 Å². The summed E-state index contributed by atoms with van der Waals surface area (Å²) in [6.45, 7) is 7.60. The Labute approximate surface area is 83.2 Å². The summed E-state index contributed by atoms with van der Waals surface area (Å²) in [6, 6.07) is 0. The molecule has 0 saturated carbocycles. The van der Waals surface area contributed by atoms with Gasteiger partial charge in [-0.05, 0) is 25.2 Å². The Bertz CT molecular complexity index is 109. The van der Waals surface area contributed by atoms with Gasteiger partial charge < -0.3 is 0 Å². The summed E-state index contributed by atoms with van der Waals surface area (Å²) in [5, 5.41) is 2.13. The molecule has 0 unspecified atom stereocenters. The highest BCUT2D eigenvalue weighted by atomic mass is 16.7. The predicted octanol–water partition coefficient (Wildman–Crippen LogP) is 3.09. The third kappa shape index (κ3) is 4.63. The Kier molecular flexibility index (Phi) is 7.29. The number of rotatable bonds is 4. The first-order chi connectivity index (χ1) is 5.86. The highest BCUT2D eigenvalue weighted by Crippen LogP contribution is 2.19. The first-order valence-electron chi connectivity index (χ1n) is 5.24. The molecule has 0 aromatic rings. The van der Waals surface area contributed by atoms with E-state index in [2.05, 4.69) is 18.9 Å². The highest BCUT2D eigenvalue weighted by Gasteiger charge is 2.17. The minimum absolute atomic E-state index is 0. The Morgan fingerprint density at radius 2 is 1.85 bits per heavy atom. The van der Waals surface area contributed by atoms with Gasteiger partial charge >= 0.3 is 0 Å². The molecule has 13 heavy (non-hydrogen) atoms. The molecule has 0 radical (unpaired) electrons. The van der Waals surface area contributed by atoms with Gasteiger partial charge in [0.1, 0.15) is 0 Å². The lowest BCUT2D eigenvalue weighted by Crippen LogP contribution is -2.33. The van der Waals surface area contributed by atoms with Gasteiger partial charge in [-0.2, -0.15) is 5.06 Å². The summed E-state index contributed by atoms with van der Waals surface area (Å²) in [7, 11) is 0. The van der Waals surface area contributed by atoms with Gasteiger partial charge in [0.15, 0.2) is 0 Å². The maximum absolute atomic E-state index is 5.56. The zero-order valence-corrected chi connectivity index (χ0v) is 8.38. The summed E-state index contributed by atoms with van der Waals surface area (Å²) in [5.41, 5.74) is 0. The van der Waals surface area contributed by atoms with Crippen molar-refractivity contribution >= 4 is 0 Å². The van der Waals surface area contributed by atoms with Crippen LogP contribution in [0.1, 0.15) is 47.0 Å². The molecule has 0 N–H and O–H groups in total. The fourth-order valence-corrected chi connectivity index (χ4v) is 1.67. The summed E-state index contributed by atoms with van der Waals surface area (Å²) in [5.74, 6) is 0.950. The Balaban J connectivity index is 0.00000144. The van der Waals surface area contributed by atoms with Gasteiger partial charge in [0.05, 0.1) is 6.61 Å². The van der Waals surface area contributed by atoms with E-state index in [0.29, 0.717) is 0 Å². The molecule has 1 rings (SSSR count). The van der Waals surface area contributed by atoms with Gasteiger partial charge in [0.25, 0.3) is 0 Å². The smallest absolute Gasteiger partial charge is 0.0682 e. The summed E-state index contributed by atoms with van der Waals surface area (Å²) < 4.78 is 0. The van der Waals surface area contributed by atoms with Crippen LogP contribution in [0.3, 0.4) is 0 Å². The Hall–Kier alpha value is -0.0800. The molecule has 2 nitrogen and oxygen atoms in total. The predicted molar refractivity (Wildman–Crippen MR) is 57.6 cm³/mol. The summed E-state index contributed by atoms with van der Waals surface area (Å²) in [6.07, 6.45) is 5.09. The van der Waals surface area contributed by atoms with E-state index in [9.17, 15) is 0 Å². The second kappa shape index (κ2) is 7.34. The first-order valence-corrected chi connectivity index (χ1v) is 5.24. The van der Waals surface area contributed by atoms with E-state index in [1.54, 1.807) is 0 Å². The minimum Gasteiger partial charge on any atom is -0.299 e. The van der Waals surface area contributed by atoms with Gasteiger partial charge in [-0.25, -0.2) is 0 Å². The van der Waals surface area contributed by atoms with Gasteiger partial charge in [0, 0.05) is 13.1 Å². The number of hydroxylamine groups is 2. The van der Waals surface area contributed by atoms with E-state index in [-0.39, 0.29) is 7.43 Å². The van der Waals surface area contributed by atoms with Crippen molar-refractivity contribution in [3.05, 3.63) is 0 Å². The van der Waals surface area contributed by atoms with E-state index in [1.807, 2.05) is 0 Å². The molecule has 0 aliphatic carbocycles. The lowest BCUT2D eigenvalue weighted by Gasteiger charge is -2.30. The van der Waals surface area contributed by atoms with Crippen molar-refractivity contribution in [2.45, 2.75) is 47.0 Å². The molecule has 0 aromatic heterocycles. The van der Waals surface area contributed by atoms with Crippen molar-refractivity contribution in [1.82, 2.24) is 5.06 Å². The van der Waals surface area contributed by atoms with Gasteiger partial charge in [0.2, 0.25) is 0 Å². The summed E-state index contributed by atoms with van der Waals surface area (Å²) >= 11 is 0. The highest BCUT2D eigenvalue weighted by molar-refractivity contribution is 4.66. The van der Waals surface area contributed by atoms with E-state index in [4.69, 9.17) is 4.84 Å². The maximum Gasteiger partial charge on any atom is 0.0682 e. The van der Waals surface area contributed by atoms with Gasteiger partial charge in [-0.15, -0.1) is 0 Å². The molecule has 2 heteroatoms. The normalized spacial score (nSPS) is 19.8. The lowest BCUT2D eigenvalue weighted by atomic mass is 9.95. The van der Waals surface area contributed by atoms with Crippen LogP contribution >= 0.6 is 0 Å². The third-order valence-electron chi connectivity index (χ3n) is 2.63. The average Bonchev–Trinajstić information content (AvgIpc) is 2.15. The molecule has 1 aliphatic rings. The Morgan fingerprint density at radius 1 is 1.23 bits per heavy atom. The number of hydrogen-bond donors (Lipinski definition) is 0. The van der Waals surface area contributed by atoms with Crippen LogP contribution in [0.25, 0.3) is 0 Å². The van der Waals surface area contributed by atoms with Crippen molar-refractivity contribution in [1.29, 1.82) is 0 Å². The van der Waals surface area contributed by atoms with Crippen LogP contribution in [0.4, 0.5) is 0 Å². The van der Waals surface area contributed by atoms with Crippen LogP contribution < -0.4 is 0 Å². The van der Waals surface area contributed by atoms with Crippen LogP contribution in [0.5, 0.6) is 0 Å². The van der Waals surface area contributed by atoms with E-state index >= 15 is 0 Å². The average molecular weight is 187 g/mol. The molecule has 0 atom stereocenters. The van der Waals surface area contributed by atoms with Crippen LogP contribution in [-0.2, 0) is 4.84 Å². The zero-order chi connectivity index (χ0) is 8.81. The van der Waals surface area contributed by atoms with E-state index < -0.39 is 0 Å². The number of hydrogen-bond acceptors (Lipinski definition) is 2. The van der Waals surface area contributed by atoms with Crippen LogP contribution in [0.15, 0.2) is 0 Å². The fraction of sp³-hybridized carbons (Fsp3) is 1.00. The third-order valence-corrected chi connectivity index (χ3v) is 2.63. The molecule has 80 valence electrons. The van der Waals surface area contributed by atoms with Gasteiger partial charge in [-0.1, -0.05) is 27.7 Å². The van der Waals surface area contributed by atoms with Crippen LogP contribution in [0.2, 0.25) is 0 Å². The van der Waals surface area contributed by atoms with E-state index in [1.165, 1.54) is 19.3 Å². The fourth-order valence-electron chi connectivity index (χ4n) is 1.67. The van der Waals surface area contributed by atoms with Crippen molar-refractivity contribution in [2.75, 3.05) is 19.7 Å². The molecule has 1 heterocycles. The maximum atomic E-state index is 5.56. The van der Waals surface area contributed by atoms with Crippen molar-refractivity contribution in [2.24, 2.45) is 5.92 Å². The molecule has 0 spiro atoms. The second-order valence-electron chi connectivity index (χ2n) is 3.61. The lowest BCUT2D eigenvalue weighted by molar-refractivity contribution is -0.173. The topological polar surface area (TPSA) is 12.5 Å².